The van der Waals surface area contributed by atoms with Gasteiger partial charge in [0.25, 0.3) is 5.56 Å². The van der Waals surface area contributed by atoms with Crippen LogP contribution in [0.4, 0.5) is 0 Å². The number of nitrogens with zero attached hydrogens (tertiary/aromatic N) is 1. The van der Waals surface area contributed by atoms with Crippen molar-refractivity contribution in [2.24, 2.45) is 11.8 Å². The molecule has 2 aromatic heterocycles. The fourth-order valence-corrected chi connectivity index (χ4v) is 6.18. The van der Waals surface area contributed by atoms with Crippen LogP contribution >= 0.6 is 23.1 Å². The molecule has 1 atom stereocenters. The Kier molecular flexibility index (Phi) is 5.60. The summed E-state index contributed by atoms with van der Waals surface area (Å²) < 4.78 is 5.58. The summed E-state index contributed by atoms with van der Waals surface area (Å²) >= 11 is 2.89. The molecule has 0 saturated heterocycles. The van der Waals surface area contributed by atoms with E-state index in [2.05, 4.69) is 23.8 Å². The van der Waals surface area contributed by atoms with Crippen molar-refractivity contribution in [3.8, 4) is 0 Å². The molecule has 5 nitrogen and oxygen atoms in total. The molecule has 0 bridgehead atoms. The number of hydrogen-bond acceptors (Lipinski definition) is 6. The lowest BCUT2D eigenvalue weighted by Crippen LogP contribution is -2.24. The molecule has 4 rings (SSSR count). The van der Waals surface area contributed by atoms with Gasteiger partial charge in [0, 0.05) is 4.88 Å². The molecule has 1 N–H and O–H groups in total. The van der Waals surface area contributed by atoms with Crippen molar-refractivity contribution in [3.63, 3.8) is 0 Å². The topological polar surface area (TPSA) is 72.0 Å². The number of thiophene rings is 1. The molecule has 0 aromatic carbocycles. The highest BCUT2D eigenvalue weighted by molar-refractivity contribution is 7.99. The maximum Gasteiger partial charge on any atom is 0.316 e. The monoisotopic (exact) mass is 406 g/mol. The average molecular weight is 407 g/mol. The SMILES string of the molecule is CC1CCC(OC(=O)CSc2nc3sc4c(c3c(=O)[nH]2)CC[C@@H](C)C4)CC1. The highest BCUT2D eigenvalue weighted by atomic mass is 32.2. The summed E-state index contributed by atoms with van der Waals surface area (Å²) in [6, 6.07) is 0. The molecule has 2 heterocycles. The van der Waals surface area contributed by atoms with Gasteiger partial charge in [0.05, 0.1) is 11.1 Å². The number of hydrogen-bond donors (Lipinski definition) is 1. The molecule has 2 aromatic rings. The van der Waals surface area contributed by atoms with Gasteiger partial charge >= 0.3 is 5.97 Å². The van der Waals surface area contributed by atoms with Gasteiger partial charge in [-0.1, -0.05) is 25.6 Å². The second-order valence-corrected chi connectivity index (χ2v) is 10.1. The number of carbonyl (C=O) groups excluding carboxylic acids is 1. The normalized spacial score (nSPS) is 25.3. The first-order chi connectivity index (χ1) is 13.0. The lowest BCUT2D eigenvalue weighted by molar-refractivity contribution is -0.147. The summed E-state index contributed by atoms with van der Waals surface area (Å²) in [5.41, 5.74) is 1.11. The Balaban J connectivity index is 1.42. The van der Waals surface area contributed by atoms with Crippen LogP contribution in [0.2, 0.25) is 0 Å². The quantitative estimate of drug-likeness (QED) is 0.465. The first-order valence-corrected chi connectivity index (χ1v) is 11.7. The number of aromatic amines is 1. The number of aryl methyl sites for hydroxylation is 1. The molecule has 2 aliphatic carbocycles. The van der Waals surface area contributed by atoms with Crippen molar-refractivity contribution >= 4 is 39.3 Å². The fourth-order valence-electron chi connectivity index (χ4n) is 4.09. The third-order valence-electron chi connectivity index (χ3n) is 5.73. The number of rotatable bonds is 4. The number of aromatic nitrogens is 2. The van der Waals surface area contributed by atoms with E-state index in [1.807, 2.05) is 0 Å². The van der Waals surface area contributed by atoms with E-state index in [4.69, 9.17) is 4.74 Å². The van der Waals surface area contributed by atoms with Gasteiger partial charge in [0.15, 0.2) is 5.16 Å². The van der Waals surface area contributed by atoms with E-state index in [1.54, 1.807) is 11.3 Å². The Bertz CT molecular complexity index is 896. The second kappa shape index (κ2) is 7.95. The lowest BCUT2D eigenvalue weighted by Gasteiger charge is -2.25. The van der Waals surface area contributed by atoms with Crippen LogP contribution in [0.3, 0.4) is 0 Å². The molecule has 7 heteroatoms. The van der Waals surface area contributed by atoms with Gasteiger partial charge in [0.1, 0.15) is 10.9 Å². The number of carbonyl (C=O) groups is 1. The van der Waals surface area contributed by atoms with E-state index in [-0.39, 0.29) is 23.4 Å². The van der Waals surface area contributed by atoms with Gasteiger partial charge in [-0.25, -0.2) is 4.98 Å². The summed E-state index contributed by atoms with van der Waals surface area (Å²) in [6.07, 6.45) is 7.33. The van der Waals surface area contributed by atoms with E-state index in [1.165, 1.54) is 22.2 Å². The molecule has 0 amide bonds. The molecule has 0 unspecified atom stereocenters. The third-order valence-corrected chi connectivity index (χ3v) is 7.73. The van der Waals surface area contributed by atoms with Crippen LogP contribution in [0.5, 0.6) is 0 Å². The molecule has 0 spiro atoms. The van der Waals surface area contributed by atoms with Crippen LogP contribution in [0.1, 0.15) is 56.4 Å². The Hall–Kier alpha value is -1.34. The largest absolute Gasteiger partial charge is 0.462 e. The Labute approximate surface area is 167 Å². The minimum absolute atomic E-state index is 0.0507. The summed E-state index contributed by atoms with van der Waals surface area (Å²) in [5, 5.41) is 1.26. The fraction of sp³-hybridized carbons (Fsp3) is 0.650. The van der Waals surface area contributed by atoms with Gasteiger partial charge in [-0.3, -0.25) is 9.59 Å². The zero-order valence-corrected chi connectivity index (χ0v) is 17.5. The van der Waals surface area contributed by atoms with Crippen LogP contribution in [-0.2, 0) is 22.4 Å². The van der Waals surface area contributed by atoms with Crippen LogP contribution in [-0.4, -0.2) is 27.8 Å². The molecular formula is C20H26N2O3S2. The van der Waals surface area contributed by atoms with E-state index >= 15 is 0 Å². The standard InChI is InChI=1S/C20H26N2O3S2/c1-11-3-6-13(7-4-11)25-16(23)10-26-20-21-18(24)17-14-8-5-12(2)9-15(14)27-19(17)22-20/h11-13H,3-10H2,1-2H3,(H,21,22,24)/t11?,12-,13?/m1/s1. The number of ether oxygens (including phenoxy) is 1. The number of fused-ring (bicyclic) bond motifs is 3. The molecule has 2 aliphatic rings. The highest BCUT2D eigenvalue weighted by Gasteiger charge is 2.24. The third kappa shape index (κ3) is 4.24. The van der Waals surface area contributed by atoms with Crippen molar-refractivity contribution in [1.29, 1.82) is 0 Å². The zero-order chi connectivity index (χ0) is 19.0. The summed E-state index contributed by atoms with van der Waals surface area (Å²) in [6.45, 7) is 4.50. The second-order valence-electron chi connectivity index (χ2n) is 8.06. The molecule has 146 valence electrons. The predicted molar refractivity (Wildman–Crippen MR) is 110 cm³/mol. The van der Waals surface area contributed by atoms with Gasteiger partial charge in [0.2, 0.25) is 0 Å². The van der Waals surface area contributed by atoms with Gasteiger partial charge in [-0.05, 0) is 62.3 Å². The van der Waals surface area contributed by atoms with Crippen LogP contribution in [0.15, 0.2) is 9.95 Å². The molecule has 1 saturated carbocycles. The van der Waals surface area contributed by atoms with Crippen molar-refractivity contribution < 1.29 is 9.53 Å². The minimum Gasteiger partial charge on any atom is -0.462 e. The lowest BCUT2D eigenvalue weighted by atomic mass is 9.89. The van der Waals surface area contributed by atoms with Crippen molar-refractivity contribution in [2.45, 2.75) is 70.1 Å². The summed E-state index contributed by atoms with van der Waals surface area (Å²) in [7, 11) is 0. The molecule has 27 heavy (non-hydrogen) atoms. The van der Waals surface area contributed by atoms with Crippen molar-refractivity contribution in [1.82, 2.24) is 9.97 Å². The molecular weight excluding hydrogens is 380 g/mol. The van der Waals surface area contributed by atoms with E-state index < -0.39 is 0 Å². The summed E-state index contributed by atoms with van der Waals surface area (Å²) in [4.78, 5) is 34.3. The van der Waals surface area contributed by atoms with E-state index in [9.17, 15) is 9.59 Å². The Morgan fingerprint density at radius 2 is 2.00 bits per heavy atom. The van der Waals surface area contributed by atoms with Gasteiger partial charge < -0.3 is 9.72 Å². The van der Waals surface area contributed by atoms with Gasteiger partial charge in [-0.2, -0.15) is 0 Å². The number of esters is 1. The number of H-pyrrole nitrogens is 1. The molecule has 0 radical (unpaired) electrons. The minimum atomic E-state index is -0.221. The van der Waals surface area contributed by atoms with Crippen LogP contribution in [0, 0.1) is 11.8 Å². The highest BCUT2D eigenvalue weighted by Crippen LogP contribution is 2.36. The molecule has 1 fully saturated rings. The smallest absolute Gasteiger partial charge is 0.316 e. The van der Waals surface area contributed by atoms with Crippen LogP contribution < -0.4 is 5.56 Å². The maximum absolute atomic E-state index is 12.6. The maximum atomic E-state index is 12.6. The first kappa shape index (κ1) is 19.0. The molecule has 0 aliphatic heterocycles. The van der Waals surface area contributed by atoms with Crippen LogP contribution in [0.25, 0.3) is 10.2 Å². The summed E-state index contributed by atoms with van der Waals surface area (Å²) in [5.74, 6) is 1.36. The van der Waals surface area contributed by atoms with Crippen molar-refractivity contribution in [2.75, 3.05) is 5.75 Å². The van der Waals surface area contributed by atoms with Gasteiger partial charge in [-0.15, -0.1) is 11.3 Å². The van der Waals surface area contributed by atoms with E-state index in [0.717, 1.165) is 61.1 Å². The predicted octanol–water partition coefficient (Wildman–Crippen LogP) is 4.32. The Morgan fingerprint density at radius 3 is 2.78 bits per heavy atom. The number of nitrogens with one attached hydrogen (secondary N) is 1. The first-order valence-electron chi connectivity index (χ1n) is 9.86. The average Bonchev–Trinajstić information content (AvgIpc) is 2.99. The number of thioether (sulfide) groups is 1. The zero-order valence-electron chi connectivity index (χ0n) is 15.9. The Morgan fingerprint density at radius 1 is 1.22 bits per heavy atom. The van der Waals surface area contributed by atoms with E-state index in [0.29, 0.717) is 11.1 Å². The van der Waals surface area contributed by atoms with Crippen molar-refractivity contribution in [3.05, 3.63) is 20.8 Å².